The van der Waals surface area contributed by atoms with Crippen molar-refractivity contribution in [3.8, 4) is 0 Å². The van der Waals surface area contributed by atoms with Gasteiger partial charge in [0.05, 0.1) is 15.7 Å². The van der Waals surface area contributed by atoms with Crippen LogP contribution in [0.2, 0.25) is 10.0 Å². The number of hydrogen-bond donors (Lipinski definition) is 2. The van der Waals surface area contributed by atoms with Crippen LogP contribution < -0.4 is 10.9 Å². The SMILES string of the molecule is Cc1ccc(C(=O)NNc2ccc(Cl)c(Cl)c2)cc1. The van der Waals surface area contributed by atoms with Crippen molar-refractivity contribution in [2.24, 2.45) is 0 Å². The largest absolute Gasteiger partial charge is 0.298 e. The van der Waals surface area contributed by atoms with Gasteiger partial charge >= 0.3 is 0 Å². The Morgan fingerprint density at radius 1 is 1.00 bits per heavy atom. The van der Waals surface area contributed by atoms with Crippen LogP contribution >= 0.6 is 23.2 Å². The molecule has 0 heterocycles. The zero-order valence-corrected chi connectivity index (χ0v) is 11.7. The summed E-state index contributed by atoms with van der Waals surface area (Å²) in [5, 5.41) is 0.897. The zero-order valence-electron chi connectivity index (χ0n) is 10.2. The Balaban J connectivity index is 2.00. The maximum atomic E-state index is 11.8. The summed E-state index contributed by atoms with van der Waals surface area (Å²) in [6.45, 7) is 1.97. The Labute approximate surface area is 121 Å². The fraction of sp³-hybridized carbons (Fsp3) is 0.0714. The molecule has 3 nitrogen and oxygen atoms in total. The average Bonchev–Trinajstić information content (AvgIpc) is 2.40. The van der Waals surface area contributed by atoms with Crippen LogP contribution in [0.15, 0.2) is 42.5 Å². The van der Waals surface area contributed by atoms with Gasteiger partial charge < -0.3 is 0 Å². The summed E-state index contributed by atoms with van der Waals surface area (Å²) in [6.07, 6.45) is 0. The van der Waals surface area contributed by atoms with Crippen LogP contribution in [0.25, 0.3) is 0 Å². The monoisotopic (exact) mass is 294 g/mol. The molecule has 2 aromatic carbocycles. The molecule has 0 atom stereocenters. The Bertz CT molecular complexity index is 597. The van der Waals surface area contributed by atoms with Gasteiger partial charge in [0.2, 0.25) is 0 Å². The van der Waals surface area contributed by atoms with Crippen LogP contribution in [0.1, 0.15) is 15.9 Å². The molecule has 0 unspecified atom stereocenters. The van der Waals surface area contributed by atoms with E-state index in [-0.39, 0.29) is 5.91 Å². The minimum Gasteiger partial charge on any atom is -0.298 e. The third kappa shape index (κ3) is 3.63. The number of anilines is 1. The summed E-state index contributed by atoms with van der Waals surface area (Å²) in [5.74, 6) is -0.217. The van der Waals surface area contributed by atoms with E-state index < -0.39 is 0 Å². The Morgan fingerprint density at radius 2 is 1.68 bits per heavy atom. The van der Waals surface area contributed by atoms with Crippen molar-refractivity contribution in [1.82, 2.24) is 5.43 Å². The molecular weight excluding hydrogens is 283 g/mol. The highest BCUT2D eigenvalue weighted by molar-refractivity contribution is 6.42. The fourth-order valence-electron chi connectivity index (χ4n) is 1.48. The van der Waals surface area contributed by atoms with E-state index in [1.54, 1.807) is 30.3 Å². The molecule has 2 N–H and O–H groups in total. The molecule has 0 fully saturated rings. The molecule has 0 aliphatic rings. The normalized spacial score (nSPS) is 10.1. The highest BCUT2D eigenvalue weighted by Gasteiger charge is 2.05. The Kier molecular flexibility index (Phi) is 4.30. The zero-order chi connectivity index (χ0) is 13.8. The summed E-state index contributed by atoms with van der Waals surface area (Å²) in [5.41, 5.74) is 7.72. The number of hydrogen-bond acceptors (Lipinski definition) is 2. The van der Waals surface area contributed by atoms with Crippen molar-refractivity contribution in [2.75, 3.05) is 5.43 Å². The molecule has 0 saturated carbocycles. The predicted octanol–water partition coefficient (Wildman–Crippen LogP) is 4.06. The van der Waals surface area contributed by atoms with Gasteiger partial charge in [0.15, 0.2) is 0 Å². The van der Waals surface area contributed by atoms with Gasteiger partial charge in [-0.1, -0.05) is 40.9 Å². The molecule has 2 rings (SSSR count). The van der Waals surface area contributed by atoms with Gasteiger partial charge in [0.25, 0.3) is 5.91 Å². The second-order valence-corrected chi connectivity index (χ2v) is 4.89. The van der Waals surface area contributed by atoms with Gasteiger partial charge in [-0.2, -0.15) is 0 Å². The van der Waals surface area contributed by atoms with Crippen LogP contribution in [0.4, 0.5) is 5.69 Å². The van der Waals surface area contributed by atoms with E-state index in [2.05, 4.69) is 10.9 Å². The Hall–Kier alpha value is -1.71. The number of hydrazine groups is 1. The molecule has 0 bridgehead atoms. The summed E-state index contributed by atoms with van der Waals surface area (Å²) >= 11 is 11.7. The first-order valence-electron chi connectivity index (χ1n) is 5.64. The minimum atomic E-state index is -0.217. The molecule has 2 aromatic rings. The third-order valence-corrected chi connectivity index (χ3v) is 3.29. The van der Waals surface area contributed by atoms with E-state index >= 15 is 0 Å². The van der Waals surface area contributed by atoms with Gasteiger partial charge in [0, 0.05) is 5.56 Å². The van der Waals surface area contributed by atoms with E-state index in [1.807, 2.05) is 19.1 Å². The highest BCUT2D eigenvalue weighted by Crippen LogP contribution is 2.24. The topological polar surface area (TPSA) is 41.1 Å². The number of aryl methyl sites for hydroxylation is 1. The van der Waals surface area contributed by atoms with Crippen molar-refractivity contribution in [2.45, 2.75) is 6.92 Å². The number of carbonyl (C=O) groups is 1. The molecule has 5 heteroatoms. The second-order valence-electron chi connectivity index (χ2n) is 4.07. The standard InChI is InChI=1S/C14H12Cl2N2O/c1-9-2-4-10(5-3-9)14(19)18-17-11-6-7-12(15)13(16)8-11/h2-8,17H,1H3,(H,18,19). The summed E-state index contributed by atoms with van der Waals surface area (Å²) in [4.78, 5) is 11.8. The quantitative estimate of drug-likeness (QED) is 0.838. The van der Waals surface area contributed by atoms with Crippen molar-refractivity contribution in [3.05, 3.63) is 63.6 Å². The number of halogens is 2. The van der Waals surface area contributed by atoms with Crippen molar-refractivity contribution in [3.63, 3.8) is 0 Å². The molecular formula is C14H12Cl2N2O. The first-order valence-corrected chi connectivity index (χ1v) is 6.40. The van der Waals surface area contributed by atoms with E-state index in [0.717, 1.165) is 5.56 Å². The fourth-order valence-corrected chi connectivity index (χ4v) is 1.78. The molecule has 0 radical (unpaired) electrons. The Morgan fingerprint density at radius 3 is 2.32 bits per heavy atom. The number of carbonyl (C=O) groups excluding carboxylic acids is 1. The smallest absolute Gasteiger partial charge is 0.269 e. The van der Waals surface area contributed by atoms with Crippen LogP contribution in [0.3, 0.4) is 0 Å². The third-order valence-electron chi connectivity index (χ3n) is 2.55. The van der Waals surface area contributed by atoms with Crippen LogP contribution in [-0.4, -0.2) is 5.91 Å². The van der Waals surface area contributed by atoms with Crippen molar-refractivity contribution < 1.29 is 4.79 Å². The summed E-state index contributed by atoms with van der Waals surface area (Å²) in [7, 11) is 0. The van der Waals surface area contributed by atoms with Crippen molar-refractivity contribution in [1.29, 1.82) is 0 Å². The lowest BCUT2D eigenvalue weighted by molar-refractivity contribution is 0.0962. The lowest BCUT2D eigenvalue weighted by atomic mass is 10.1. The molecule has 98 valence electrons. The number of benzene rings is 2. The van der Waals surface area contributed by atoms with Crippen LogP contribution in [0.5, 0.6) is 0 Å². The van der Waals surface area contributed by atoms with E-state index in [1.165, 1.54) is 0 Å². The molecule has 0 aliphatic heterocycles. The summed E-state index contributed by atoms with van der Waals surface area (Å²) < 4.78 is 0. The van der Waals surface area contributed by atoms with Crippen LogP contribution in [-0.2, 0) is 0 Å². The van der Waals surface area contributed by atoms with E-state index in [4.69, 9.17) is 23.2 Å². The van der Waals surface area contributed by atoms with E-state index in [0.29, 0.717) is 21.3 Å². The molecule has 0 aliphatic carbocycles. The summed E-state index contributed by atoms with van der Waals surface area (Å²) in [6, 6.07) is 12.3. The van der Waals surface area contributed by atoms with Crippen molar-refractivity contribution >= 4 is 34.8 Å². The average molecular weight is 295 g/mol. The number of nitrogens with one attached hydrogen (secondary N) is 2. The van der Waals surface area contributed by atoms with Gasteiger partial charge in [-0.05, 0) is 37.3 Å². The minimum absolute atomic E-state index is 0.217. The lowest BCUT2D eigenvalue weighted by Crippen LogP contribution is -2.29. The molecule has 19 heavy (non-hydrogen) atoms. The first kappa shape index (κ1) is 13.7. The lowest BCUT2D eigenvalue weighted by Gasteiger charge is -2.09. The second kappa shape index (κ2) is 5.95. The molecule has 0 aromatic heterocycles. The van der Waals surface area contributed by atoms with Gasteiger partial charge in [-0.25, -0.2) is 0 Å². The maximum absolute atomic E-state index is 11.8. The van der Waals surface area contributed by atoms with E-state index in [9.17, 15) is 4.79 Å². The maximum Gasteiger partial charge on any atom is 0.269 e. The van der Waals surface area contributed by atoms with Gasteiger partial charge in [-0.15, -0.1) is 0 Å². The molecule has 1 amide bonds. The molecule has 0 spiro atoms. The molecule has 0 saturated heterocycles. The highest BCUT2D eigenvalue weighted by atomic mass is 35.5. The van der Waals surface area contributed by atoms with Crippen LogP contribution in [0, 0.1) is 6.92 Å². The predicted molar refractivity (Wildman–Crippen MR) is 78.7 cm³/mol. The first-order chi connectivity index (χ1) is 9.06. The van der Waals surface area contributed by atoms with Gasteiger partial charge in [-0.3, -0.25) is 15.6 Å². The number of amides is 1. The van der Waals surface area contributed by atoms with Gasteiger partial charge in [0.1, 0.15) is 0 Å². The number of rotatable bonds is 3.